The van der Waals surface area contributed by atoms with E-state index >= 15 is 0 Å². The zero-order valence-corrected chi connectivity index (χ0v) is 23.8. The van der Waals surface area contributed by atoms with Gasteiger partial charge in [-0.05, 0) is 54.4 Å². The lowest BCUT2D eigenvalue weighted by Crippen LogP contribution is -2.38. The molecule has 1 saturated heterocycles. The molecule has 3 aromatic rings. The third kappa shape index (κ3) is 7.95. The highest BCUT2D eigenvalue weighted by Crippen LogP contribution is 2.43. The molecule has 4 rings (SSSR count). The molecule has 5 atom stereocenters. The molecule has 1 aliphatic heterocycles. The van der Waals surface area contributed by atoms with Crippen LogP contribution in [-0.2, 0) is 30.4 Å². The molecule has 3 N–H and O–H groups in total. The van der Waals surface area contributed by atoms with Crippen molar-refractivity contribution in [2.45, 2.75) is 56.9 Å². The van der Waals surface area contributed by atoms with Crippen LogP contribution in [-0.4, -0.2) is 46.0 Å². The first-order valence-electron chi connectivity index (χ1n) is 13.2. The number of anilines is 1. The number of thioether (sulfide) groups is 1. The number of carbonyl (C=O) groups excluding carboxylic acids is 2. The smallest absolute Gasteiger partial charge is 0.335 e. The largest absolute Gasteiger partial charge is 0.478 e. The highest BCUT2D eigenvalue weighted by Gasteiger charge is 2.38. The number of aliphatic hydroxyl groups is 1. The summed E-state index contributed by atoms with van der Waals surface area (Å²) in [6.07, 6.45) is -2.24. The summed E-state index contributed by atoms with van der Waals surface area (Å²) in [4.78, 5) is 35.8. The van der Waals surface area contributed by atoms with E-state index in [2.05, 4.69) is 12.2 Å². The molecule has 1 heterocycles. The van der Waals surface area contributed by atoms with Crippen molar-refractivity contribution in [2.24, 2.45) is 5.92 Å². The number of nitrogens with one attached hydrogen (secondary N) is 1. The number of carboxylic acids is 1. The topological polar surface area (TPSA) is 131 Å². The van der Waals surface area contributed by atoms with Crippen LogP contribution in [0, 0.1) is 5.92 Å². The van der Waals surface area contributed by atoms with Gasteiger partial charge >= 0.3 is 11.9 Å². The lowest BCUT2D eigenvalue weighted by molar-refractivity contribution is -0.268. The Kier molecular flexibility index (Phi) is 10.2. The molecule has 3 aromatic carbocycles. The number of aliphatic hydroxyl groups excluding tert-OH is 1. The number of rotatable bonds is 10. The highest BCUT2D eigenvalue weighted by atomic mass is 32.2. The number of benzene rings is 3. The molecule has 1 aliphatic rings. The number of ether oxygens (including phenoxy) is 3. The molecule has 0 aliphatic carbocycles. The normalized spacial score (nSPS) is 21.1. The Morgan fingerprint density at radius 2 is 1.71 bits per heavy atom. The molecule has 1 amide bonds. The summed E-state index contributed by atoms with van der Waals surface area (Å²) in [5, 5.41) is 21.4. The second-order valence-electron chi connectivity index (χ2n) is 9.83. The first-order chi connectivity index (χ1) is 19.6. The molecule has 1 fully saturated rings. The standard InChI is InChI=1S/C31H33NO8S/c1-18-27(17-41-26-13-11-23(12-14-26)30(36)37)39-31(40-28(18)22-9-7-21(16-33)8-10-22)24-5-4-6-25(15-24)32-29(35)19(2)38-20(3)34/h4-15,18-19,27-28,31,33H,16-17H2,1-3H3,(H,32,35)(H,36,37)/t18-,19+,27+,28+,31+/m1/s1. The molecule has 9 nitrogen and oxygen atoms in total. The molecule has 0 bridgehead atoms. The molecule has 0 unspecified atom stereocenters. The van der Waals surface area contributed by atoms with Crippen LogP contribution < -0.4 is 5.32 Å². The van der Waals surface area contributed by atoms with E-state index in [1.807, 2.05) is 30.3 Å². The number of esters is 1. The average Bonchev–Trinajstić information content (AvgIpc) is 2.96. The number of hydrogen-bond donors (Lipinski definition) is 3. The summed E-state index contributed by atoms with van der Waals surface area (Å²) in [5.41, 5.74) is 3.18. The minimum absolute atomic E-state index is 0.0375. The van der Waals surface area contributed by atoms with Crippen molar-refractivity contribution in [3.05, 3.63) is 95.1 Å². The molecule has 0 saturated carbocycles. The van der Waals surface area contributed by atoms with Crippen molar-refractivity contribution in [3.8, 4) is 0 Å². The summed E-state index contributed by atoms with van der Waals surface area (Å²) in [7, 11) is 0. The van der Waals surface area contributed by atoms with Gasteiger partial charge in [0, 0.05) is 34.7 Å². The maximum atomic E-state index is 12.5. The summed E-state index contributed by atoms with van der Waals surface area (Å²) in [5.74, 6) is -1.42. The van der Waals surface area contributed by atoms with Crippen LogP contribution in [0.3, 0.4) is 0 Å². The molecular weight excluding hydrogens is 546 g/mol. The molecule has 216 valence electrons. The second-order valence-corrected chi connectivity index (χ2v) is 10.9. The van der Waals surface area contributed by atoms with Crippen LogP contribution in [0.25, 0.3) is 0 Å². The molecular formula is C31H33NO8S. The Bertz CT molecular complexity index is 1360. The van der Waals surface area contributed by atoms with E-state index in [4.69, 9.17) is 14.2 Å². The van der Waals surface area contributed by atoms with Crippen molar-refractivity contribution >= 4 is 35.3 Å². The van der Waals surface area contributed by atoms with Gasteiger partial charge in [0.2, 0.25) is 0 Å². The van der Waals surface area contributed by atoms with E-state index in [9.17, 15) is 24.6 Å². The van der Waals surface area contributed by atoms with E-state index in [1.165, 1.54) is 13.8 Å². The predicted molar refractivity (Wildman–Crippen MR) is 153 cm³/mol. The average molecular weight is 580 g/mol. The summed E-state index contributed by atoms with van der Waals surface area (Å²) in [6.45, 7) is 4.75. The third-order valence-electron chi connectivity index (χ3n) is 6.78. The van der Waals surface area contributed by atoms with Crippen molar-refractivity contribution in [2.75, 3.05) is 11.1 Å². The Balaban J connectivity index is 1.55. The highest BCUT2D eigenvalue weighted by molar-refractivity contribution is 7.99. The van der Waals surface area contributed by atoms with E-state index in [0.717, 1.165) is 16.0 Å². The van der Waals surface area contributed by atoms with Gasteiger partial charge in [-0.25, -0.2) is 4.79 Å². The number of carbonyl (C=O) groups is 3. The van der Waals surface area contributed by atoms with E-state index in [1.54, 1.807) is 54.2 Å². The van der Waals surface area contributed by atoms with Crippen LogP contribution >= 0.6 is 11.8 Å². The first-order valence-corrected chi connectivity index (χ1v) is 14.2. The van der Waals surface area contributed by atoms with Crippen LogP contribution in [0.5, 0.6) is 0 Å². The molecule has 0 radical (unpaired) electrons. The quantitative estimate of drug-likeness (QED) is 0.215. The summed E-state index contributed by atoms with van der Waals surface area (Å²) >= 11 is 1.57. The maximum Gasteiger partial charge on any atom is 0.335 e. The number of amides is 1. The monoisotopic (exact) mass is 579 g/mol. The third-order valence-corrected chi connectivity index (χ3v) is 7.88. The van der Waals surface area contributed by atoms with Crippen molar-refractivity contribution < 1.29 is 38.8 Å². The van der Waals surface area contributed by atoms with Gasteiger partial charge in [0.25, 0.3) is 5.91 Å². The van der Waals surface area contributed by atoms with Crippen molar-refractivity contribution in [1.82, 2.24) is 0 Å². The number of carboxylic acid groups (broad SMARTS) is 1. The van der Waals surface area contributed by atoms with Gasteiger partial charge in [0.1, 0.15) is 0 Å². The van der Waals surface area contributed by atoms with Gasteiger partial charge in [0.15, 0.2) is 12.4 Å². The van der Waals surface area contributed by atoms with Gasteiger partial charge in [-0.2, -0.15) is 0 Å². The molecule has 0 aromatic heterocycles. The van der Waals surface area contributed by atoms with Crippen LogP contribution in [0.1, 0.15) is 60.2 Å². The fourth-order valence-corrected chi connectivity index (χ4v) is 5.56. The van der Waals surface area contributed by atoms with Gasteiger partial charge in [-0.15, -0.1) is 11.8 Å². The molecule has 0 spiro atoms. The Hall–Kier alpha value is -3.70. The number of hydrogen-bond acceptors (Lipinski definition) is 8. The Morgan fingerprint density at radius 1 is 1.00 bits per heavy atom. The summed E-state index contributed by atoms with van der Waals surface area (Å²) in [6, 6.07) is 21.5. The minimum atomic E-state index is -0.972. The second kappa shape index (κ2) is 13.8. The lowest BCUT2D eigenvalue weighted by Gasteiger charge is -2.41. The Labute approximate surface area is 242 Å². The summed E-state index contributed by atoms with van der Waals surface area (Å²) < 4.78 is 17.9. The fourth-order valence-electron chi connectivity index (χ4n) is 4.49. The minimum Gasteiger partial charge on any atom is -0.478 e. The molecule has 10 heteroatoms. The lowest BCUT2D eigenvalue weighted by atomic mass is 9.91. The zero-order chi connectivity index (χ0) is 29.5. The van der Waals surface area contributed by atoms with E-state index < -0.39 is 30.2 Å². The predicted octanol–water partition coefficient (Wildman–Crippen LogP) is 5.35. The van der Waals surface area contributed by atoms with Crippen LogP contribution in [0.15, 0.2) is 77.7 Å². The van der Waals surface area contributed by atoms with Crippen LogP contribution in [0.2, 0.25) is 0 Å². The fraction of sp³-hybridized carbons (Fsp3) is 0.323. The number of aromatic carboxylic acids is 1. The Morgan fingerprint density at radius 3 is 2.34 bits per heavy atom. The van der Waals surface area contributed by atoms with Gasteiger partial charge in [0.05, 0.1) is 24.4 Å². The van der Waals surface area contributed by atoms with Gasteiger partial charge < -0.3 is 29.7 Å². The first kappa shape index (κ1) is 30.3. The SMILES string of the molecule is CC(=O)O[C@@H](C)C(=O)Nc1cccc([C@H]2O[C@@H](CSc3ccc(C(=O)O)cc3)[C@@H](C)[C@@H](c3ccc(CO)cc3)O2)c1. The van der Waals surface area contributed by atoms with E-state index in [-0.39, 0.29) is 30.3 Å². The van der Waals surface area contributed by atoms with Crippen LogP contribution in [0.4, 0.5) is 5.69 Å². The molecule has 41 heavy (non-hydrogen) atoms. The van der Waals surface area contributed by atoms with Crippen molar-refractivity contribution in [3.63, 3.8) is 0 Å². The van der Waals surface area contributed by atoms with Gasteiger partial charge in [-0.3, -0.25) is 9.59 Å². The van der Waals surface area contributed by atoms with Gasteiger partial charge in [-0.1, -0.05) is 43.3 Å². The zero-order valence-electron chi connectivity index (χ0n) is 23.0. The maximum absolute atomic E-state index is 12.5. The van der Waals surface area contributed by atoms with Crippen molar-refractivity contribution in [1.29, 1.82) is 0 Å². The van der Waals surface area contributed by atoms with E-state index in [0.29, 0.717) is 17.0 Å².